The normalized spacial score (nSPS) is 29.0. The predicted molar refractivity (Wildman–Crippen MR) is 87.4 cm³/mol. The lowest BCUT2D eigenvalue weighted by molar-refractivity contribution is -0.194. The molecule has 0 unspecified atom stereocenters. The van der Waals surface area contributed by atoms with Crippen molar-refractivity contribution in [2.45, 2.75) is 36.8 Å². The molecule has 0 bridgehead atoms. The van der Waals surface area contributed by atoms with Crippen molar-refractivity contribution in [3.05, 3.63) is 29.8 Å². The Hall–Kier alpha value is -2.46. The molecule has 2 atom stereocenters. The third-order valence-corrected chi connectivity index (χ3v) is 4.13. The summed E-state index contributed by atoms with van der Waals surface area (Å²) in [7, 11) is 0. The van der Waals surface area contributed by atoms with Gasteiger partial charge >= 0.3 is 5.97 Å². The van der Waals surface area contributed by atoms with Gasteiger partial charge in [0, 0.05) is 12.8 Å². The third kappa shape index (κ3) is 4.58. The lowest BCUT2D eigenvalue weighted by Gasteiger charge is -2.39. The van der Waals surface area contributed by atoms with Crippen LogP contribution >= 0.6 is 0 Å². The van der Waals surface area contributed by atoms with E-state index in [1.54, 1.807) is 0 Å². The number of aliphatic carboxylic acids is 1. The number of carboxylic acid groups (broad SMARTS) is 1. The summed E-state index contributed by atoms with van der Waals surface area (Å²) in [6.07, 6.45) is -2.63. The number of aromatic hydroxyl groups is 2. The van der Waals surface area contributed by atoms with Gasteiger partial charge in [0.25, 0.3) is 0 Å². The highest BCUT2D eigenvalue weighted by Crippen LogP contribution is 2.31. The van der Waals surface area contributed by atoms with Crippen molar-refractivity contribution in [3.63, 3.8) is 0 Å². The Morgan fingerprint density at radius 3 is 2.31 bits per heavy atom. The molecule has 0 saturated heterocycles. The van der Waals surface area contributed by atoms with Crippen LogP contribution in [0.15, 0.2) is 24.3 Å². The predicted octanol–water partition coefficient (Wildman–Crippen LogP) is -0.603. The first-order valence-electron chi connectivity index (χ1n) is 7.79. The zero-order valence-electron chi connectivity index (χ0n) is 13.6. The van der Waals surface area contributed by atoms with Gasteiger partial charge in [-0.15, -0.1) is 0 Å². The van der Waals surface area contributed by atoms with Gasteiger partial charge in [0.05, 0.1) is 12.2 Å². The zero-order chi connectivity index (χ0) is 19.5. The molecule has 1 aliphatic carbocycles. The Kier molecular flexibility index (Phi) is 5.98. The monoisotopic (exact) mass is 368 g/mol. The zero-order valence-corrected chi connectivity index (χ0v) is 13.6. The van der Waals surface area contributed by atoms with Crippen LogP contribution in [0.4, 0.5) is 0 Å². The SMILES string of the molecule is O=C(/C=C/c1ccc(O)c(O)c1)COC1[C@H](O)CC(O)(C(=O)O)C[C@H]1O. The molecule has 142 valence electrons. The van der Waals surface area contributed by atoms with Crippen LogP contribution in [-0.2, 0) is 14.3 Å². The lowest BCUT2D eigenvalue weighted by atomic mass is 9.79. The van der Waals surface area contributed by atoms with Crippen molar-refractivity contribution in [1.82, 2.24) is 0 Å². The smallest absolute Gasteiger partial charge is 0.335 e. The fourth-order valence-electron chi connectivity index (χ4n) is 2.72. The van der Waals surface area contributed by atoms with E-state index in [-0.39, 0.29) is 11.5 Å². The van der Waals surface area contributed by atoms with Gasteiger partial charge in [0.1, 0.15) is 12.7 Å². The minimum Gasteiger partial charge on any atom is -0.504 e. The quantitative estimate of drug-likeness (QED) is 0.284. The van der Waals surface area contributed by atoms with Gasteiger partial charge in [-0.25, -0.2) is 4.79 Å². The number of benzene rings is 1. The summed E-state index contributed by atoms with van der Waals surface area (Å²) >= 11 is 0. The number of aliphatic hydroxyl groups excluding tert-OH is 2. The minimum atomic E-state index is -2.25. The summed E-state index contributed by atoms with van der Waals surface area (Å²) in [5.74, 6) is -2.69. The average molecular weight is 368 g/mol. The Morgan fingerprint density at radius 2 is 1.77 bits per heavy atom. The number of phenolic OH excluding ortho intramolecular Hbond substituents is 2. The molecule has 9 nitrogen and oxygen atoms in total. The van der Waals surface area contributed by atoms with Crippen LogP contribution in [0.2, 0.25) is 0 Å². The van der Waals surface area contributed by atoms with Gasteiger partial charge in [-0.3, -0.25) is 4.79 Å². The number of ketones is 1. The minimum absolute atomic E-state index is 0.293. The molecule has 2 rings (SSSR count). The van der Waals surface area contributed by atoms with Crippen molar-refractivity contribution in [2.75, 3.05) is 6.61 Å². The second kappa shape index (κ2) is 7.83. The van der Waals surface area contributed by atoms with Gasteiger partial charge < -0.3 is 35.4 Å². The summed E-state index contributed by atoms with van der Waals surface area (Å²) in [5.41, 5.74) is -1.79. The van der Waals surface area contributed by atoms with Gasteiger partial charge in [-0.1, -0.05) is 12.1 Å². The summed E-state index contributed by atoms with van der Waals surface area (Å²) in [4.78, 5) is 22.8. The first-order chi connectivity index (χ1) is 12.1. The fourth-order valence-corrected chi connectivity index (χ4v) is 2.72. The molecule has 1 saturated carbocycles. The molecule has 1 aromatic carbocycles. The molecule has 1 fully saturated rings. The highest BCUT2D eigenvalue weighted by Gasteiger charge is 2.49. The molecule has 0 radical (unpaired) electrons. The first-order valence-corrected chi connectivity index (χ1v) is 7.79. The molecule has 0 aromatic heterocycles. The van der Waals surface area contributed by atoms with Crippen LogP contribution in [0.3, 0.4) is 0 Å². The van der Waals surface area contributed by atoms with E-state index in [1.165, 1.54) is 24.3 Å². The molecule has 1 aromatic rings. The maximum absolute atomic E-state index is 11.8. The van der Waals surface area contributed by atoms with Crippen molar-refractivity contribution >= 4 is 17.8 Å². The van der Waals surface area contributed by atoms with Crippen LogP contribution in [0.1, 0.15) is 18.4 Å². The van der Waals surface area contributed by atoms with E-state index >= 15 is 0 Å². The highest BCUT2D eigenvalue weighted by atomic mass is 16.5. The molecule has 0 heterocycles. The molecular weight excluding hydrogens is 348 g/mol. The van der Waals surface area contributed by atoms with Crippen LogP contribution in [-0.4, -0.2) is 72.9 Å². The van der Waals surface area contributed by atoms with E-state index in [1.807, 2.05) is 0 Å². The average Bonchev–Trinajstić information content (AvgIpc) is 2.55. The van der Waals surface area contributed by atoms with Crippen LogP contribution < -0.4 is 0 Å². The number of phenols is 2. The summed E-state index contributed by atoms with van der Waals surface area (Å²) in [6.45, 7) is -0.481. The van der Waals surface area contributed by atoms with E-state index in [4.69, 9.17) is 9.84 Å². The first kappa shape index (κ1) is 19.9. The number of rotatable bonds is 6. The molecule has 6 N–H and O–H groups in total. The van der Waals surface area contributed by atoms with E-state index in [9.17, 15) is 35.1 Å². The number of carbonyl (C=O) groups is 2. The molecular formula is C17H20O9. The second-order valence-corrected chi connectivity index (χ2v) is 6.20. The molecule has 1 aliphatic rings. The lowest BCUT2D eigenvalue weighted by Crippen LogP contribution is -2.57. The summed E-state index contributed by atoms with van der Waals surface area (Å²) < 4.78 is 5.18. The molecule has 0 spiro atoms. The van der Waals surface area contributed by atoms with Crippen molar-refractivity contribution in [2.24, 2.45) is 0 Å². The number of hydrogen-bond donors (Lipinski definition) is 6. The van der Waals surface area contributed by atoms with Gasteiger partial charge in [-0.2, -0.15) is 0 Å². The molecule has 9 heteroatoms. The van der Waals surface area contributed by atoms with E-state index in [2.05, 4.69) is 0 Å². The number of carbonyl (C=O) groups excluding carboxylic acids is 1. The van der Waals surface area contributed by atoms with Crippen molar-refractivity contribution < 1.29 is 45.0 Å². The van der Waals surface area contributed by atoms with E-state index in [0.29, 0.717) is 5.56 Å². The molecule has 26 heavy (non-hydrogen) atoms. The maximum Gasteiger partial charge on any atom is 0.335 e. The number of ether oxygens (including phenoxy) is 1. The highest BCUT2D eigenvalue weighted by molar-refractivity contribution is 5.94. The largest absolute Gasteiger partial charge is 0.504 e. The topological polar surface area (TPSA) is 165 Å². The van der Waals surface area contributed by atoms with Crippen LogP contribution in [0.25, 0.3) is 6.08 Å². The third-order valence-electron chi connectivity index (χ3n) is 4.13. The van der Waals surface area contributed by atoms with E-state index in [0.717, 1.165) is 6.08 Å². The maximum atomic E-state index is 11.8. The number of hydrogen-bond acceptors (Lipinski definition) is 8. The van der Waals surface area contributed by atoms with Crippen LogP contribution in [0.5, 0.6) is 11.5 Å². The van der Waals surface area contributed by atoms with Crippen LogP contribution in [0, 0.1) is 0 Å². The Morgan fingerprint density at radius 1 is 1.15 bits per heavy atom. The number of carboxylic acids is 1. The second-order valence-electron chi connectivity index (χ2n) is 6.20. The Bertz CT molecular complexity index is 700. The van der Waals surface area contributed by atoms with E-state index < -0.39 is 55.1 Å². The fraction of sp³-hybridized carbons (Fsp3) is 0.412. The Balaban J connectivity index is 1.91. The summed E-state index contributed by atoms with van der Waals surface area (Å²) in [5, 5.41) is 57.2. The van der Waals surface area contributed by atoms with Gasteiger partial charge in [0.15, 0.2) is 22.9 Å². The Labute approximate surface area is 148 Å². The number of aliphatic hydroxyl groups is 3. The van der Waals surface area contributed by atoms with Crippen molar-refractivity contribution in [3.8, 4) is 11.5 Å². The van der Waals surface area contributed by atoms with Gasteiger partial charge in [0.2, 0.25) is 0 Å². The van der Waals surface area contributed by atoms with Crippen molar-refractivity contribution in [1.29, 1.82) is 0 Å². The summed E-state index contributed by atoms with van der Waals surface area (Å²) in [6, 6.07) is 3.98. The molecule has 0 amide bonds. The standard InChI is InChI=1S/C17H20O9/c18-10(3-1-9-2-4-11(19)12(20)5-9)8-26-15-13(21)6-17(25,16(23)24)7-14(15)22/h1-5,13-15,19-22,25H,6-8H2,(H,23,24)/b3-1+/t13-,14-,15?,17?/m1/s1. The molecule has 0 aliphatic heterocycles. The van der Waals surface area contributed by atoms with Gasteiger partial charge in [-0.05, 0) is 23.8 Å².